The van der Waals surface area contributed by atoms with Crippen LogP contribution in [0.25, 0.3) is 0 Å². The van der Waals surface area contributed by atoms with Crippen LogP contribution >= 0.6 is 0 Å². The summed E-state index contributed by atoms with van der Waals surface area (Å²) in [5.74, 6) is -9.25. The Bertz CT molecular complexity index is 2910. The molecule has 6 rings (SSSR count). The van der Waals surface area contributed by atoms with E-state index in [1.54, 1.807) is 40.9 Å². The number of hydrogen-bond donors (Lipinski definition) is 2. The van der Waals surface area contributed by atoms with Crippen molar-refractivity contribution in [1.29, 1.82) is 0 Å². The Morgan fingerprint density at radius 1 is 0.730 bits per heavy atom. The number of allylic oxidation sites excluding steroid dienone is 5. The molecule has 24 nitrogen and oxygen atoms in total. The van der Waals surface area contributed by atoms with E-state index in [9.17, 15) is 54.4 Å². The number of carbonyl (C=O) groups is 6. The lowest BCUT2D eigenvalue weighted by Gasteiger charge is -2.43. The topological polar surface area (TPSA) is 315 Å². The third-order valence-electron chi connectivity index (χ3n) is 17.6. The first-order valence-electron chi connectivity index (χ1n) is 30.5. The standard InChI is InChI=1S/C65H87N3O21/c1-38-16-12-11-13-17-39(2)53(81-8)36-50-25-19-44(7)65(76,89-50)60(71)61(72)66-31-15-14-18-51(66)62(73)86-54(41(4)34-45-20-30-52(56(35-45)82-9)87-63(74)84-48-26-21-46(22-27-48)67(77)78)37-55(88-64(75)85-49-28-23-47(24-29-49)68(79)80)40(3)33-43(6)58(70)59(83-10)57(69)42(5)32-38/h11-13,16-17,21-24,26-29,33,38,40-42,44-45,50-56,58-59,70,76H,14-15,18-20,25,30-32,34-37H2,1-10H3/b13-11+,16-12+,39-17+,43-33+/t38-,40-,41-,42-,44-,45+,50+,51+,52-,53+,54+,55-,56-,58-,59+,65-/m1/s1. The predicted molar refractivity (Wildman–Crippen MR) is 322 cm³/mol. The van der Waals surface area contributed by atoms with Crippen LogP contribution in [0.1, 0.15) is 126 Å². The van der Waals surface area contributed by atoms with Gasteiger partial charge in [0.05, 0.1) is 28.2 Å². The van der Waals surface area contributed by atoms with E-state index in [0.29, 0.717) is 57.8 Å². The second-order valence-electron chi connectivity index (χ2n) is 24.2. The highest BCUT2D eigenvalue weighted by molar-refractivity contribution is 6.39. The van der Waals surface area contributed by atoms with Crippen LogP contribution in [-0.2, 0) is 52.3 Å². The van der Waals surface area contributed by atoms with Gasteiger partial charge in [0.2, 0.25) is 5.79 Å². The summed E-state index contributed by atoms with van der Waals surface area (Å²) in [6.45, 7) is 12.3. The molecule has 0 spiro atoms. The summed E-state index contributed by atoms with van der Waals surface area (Å²) >= 11 is 0. The lowest BCUT2D eigenvalue weighted by molar-refractivity contribution is -0.385. The number of piperidine rings is 1. The van der Waals surface area contributed by atoms with Crippen molar-refractivity contribution < 1.29 is 91.5 Å². The molecule has 3 heterocycles. The molecule has 0 unspecified atom stereocenters. The number of nitrogens with zero attached hydrogens (tertiary/aromatic N) is 3. The van der Waals surface area contributed by atoms with E-state index >= 15 is 4.79 Å². The maximum atomic E-state index is 15.1. The molecule has 0 aromatic heterocycles. The normalized spacial score (nSPS) is 33.1. The highest BCUT2D eigenvalue weighted by Gasteiger charge is 2.53. The summed E-state index contributed by atoms with van der Waals surface area (Å²) in [5.41, 5.74) is 0.639. The number of Topliss-reactive ketones (excluding diaryl/α,β-unsaturated/α-hetero) is 2. The van der Waals surface area contributed by atoms with Crippen LogP contribution in [0, 0.1) is 55.7 Å². The molecule has 0 radical (unpaired) electrons. The molecule has 4 aliphatic rings. The molecule has 1 amide bonds. The van der Waals surface area contributed by atoms with E-state index in [1.807, 2.05) is 51.2 Å². The molecule has 2 N–H and O–H groups in total. The van der Waals surface area contributed by atoms with Crippen LogP contribution in [0.5, 0.6) is 11.5 Å². The fraction of sp³-hybridized carbons (Fsp3) is 0.600. The molecule has 488 valence electrons. The van der Waals surface area contributed by atoms with Gasteiger partial charge in [0.25, 0.3) is 23.1 Å². The number of ketones is 2. The molecule has 3 fully saturated rings. The summed E-state index contributed by atoms with van der Waals surface area (Å²) in [7, 11) is 4.33. The summed E-state index contributed by atoms with van der Waals surface area (Å²) in [6, 6.07) is 8.30. The first kappa shape index (κ1) is 70.9. The average molecular weight is 1250 g/mol. The molecule has 1 aliphatic carbocycles. The Kier molecular flexibility index (Phi) is 26.3. The number of cyclic esters (lactones) is 1. The van der Waals surface area contributed by atoms with Gasteiger partial charge in [0.1, 0.15) is 48.1 Å². The van der Waals surface area contributed by atoms with E-state index in [0.717, 1.165) is 22.6 Å². The SMILES string of the molecule is CO[C@H]1C[C@@H]2CC[C@@H](C)[C@@](O)(O2)C(=O)C(=O)N2CCCC[C@H]2C(=O)O[C@H]([C@H](C)C[C@@H]2CC[C@@H](OC(=O)Oc3ccc([N+](=O)[O-])cc3)[C@H](OC)C2)C[C@@H](OC(=O)Oc2ccc([N+](=O)[O-])cc2)[C@H](C)/C=C(\C)[C@@H](O)[C@@H](OC)C(=O)[C@H](C)C[C@H](C)/C=C/C=C/C=C/1C. The third-order valence-corrected chi connectivity index (χ3v) is 17.6. The number of non-ortho nitro benzene ring substituents is 2. The second kappa shape index (κ2) is 33.0. The molecule has 1 saturated carbocycles. The molecule has 2 saturated heterocycles. The molecule has 2 bridgehead atoms. The van der Waals surface area contributed by atoms with Crippen LogP contribution in [0.3, 0.4) is 0 Å². The van der Waals surface area contributed by atoms with Crippen molar-refractivity contribution in [2.45, 2.75) is 186 Å². The minimum atomic E-state index is -2.55. The van der Waals surface area contributed by atoms with E-state index < -0.39 is 124 Å². The number of nitro benzene ring substituents is 2. The Morgan fingerprint density at radius 2 is 1.35 bits per heavy atom. The van der Waals surface area contributed by atoms with E-state index in [1.165, 1.54) is 50.6 Å². The van der Waals surface area contributed by atoms with Gasteiger partial charge in [0.15, 0.2) is 5.78 Å². The molecule has 89 heavy (non-hydrogen) atoms. The predicted octanol–water partition coefficient (Wildman–Crippen LogP) is 10.2. The third kappa shape index (κ3) is 19.4. The van der Waals surface area contributed by atoms with Crippen LogP contribution in [-0.4, -0.2) is 149 Å². The number of ether oxygens (including phenoxy) is 9. The first-order valence-corrected chi connectivity index (χ1v) is 30.5. The van der Waals surface area contributed by atoms with Gasteiger partial charge < -0.3 is 57.7 Å². The minimum absolute atomic E-state index is 0.0263. The van der Waals surface area contributed by atoms with Gasteiger partial charge in [-0.05, 0) is 131 Å². The highest BCUT2D eigenvalue weighted by Crippen LogP contribution is 2.39. The Balaban J connectivity index is 1.36. The maximum absolute atomic E-state index is 15.1. The van der Waals surface area contributed by atoms with Crippen molar-refractivity contribution in [3.8, 4) is 11.5 Å². The van der Waals surface area contributed by atoms with Crippen molar-refractivity contribution in [2.24, 2.45) is 35.5 Å². The number of aliphatic hydroxyl groups is 2. The molecule has 16 atom stereocenters. The Morgan fingerprint density at radius 3 is 1.93 bits per heavy atom. The number of benzene rings is 2. The monoisotopic (exact) mass is 1250 g/mol. The molecular formula is C65H87N3O21. The minimum Gasteiger partial charge on any atom is -0.460 e. The number of aliphatic hydroxyl groups excluding tert-OH is 1. The van der Waals surface area contributed by atoms with Gasteiger partial charge in [-0.2, -0.15) is 0 Å². The summed E-state index contributed by atoms with van der Waals surface area (Å²) in [4.78, 5) is 108. The zero-order valence-corrected chi connectivity index (χ0v) is 52.4. The number of carbonyl (C=O) groups excluding carboxylic acids is 6. The summed E-state index contributed by atoms with van der Waals surface area (Å²) in [5, 5.41) is 46.7. The van der Waals surface area contributed by atoms with E-state index in [2.05, 4.69) is 0 Å². The van der Waals surface area contributed by atoms with Gasteiger partial charge in [0, 0.05) is 82.7 Å². The van der Waals surface area contributed by atoms with E-state index in [4.69, 9.17) is 42.6 Å². The van der Waals surface area contributed by atoms with Crippen LogP contribution in [0.4, 0.5) is 21.0 Å². The summed E-state index contributed by atoms with van der Waals surface area (Å²) in [6.07, 6.45) is 4.56. The number of rotatable bonds is 12. The Hall–Kier alpha value is -7.22. The number of esters is 1. The van der Waals surface area contributed by atoms with Gasteiger partial charge >= 0.3 is 18.3 Å². The van der Waals surface area contributed by atoms with Gasteiger partial charge in [-0.1, -0.05) is 71.1 Å². The maximum Gasteiger partial charge on any atom is 0.514 e. The molecule has 2 aromatic carbocycles. The van der Waals surface area contributed by atoms with E-state index in [-0.39, 0.29) is 71.9 Å². The van der Waals surface area contributed by atoms with Crippen molar-refractivity contribution in [3.05, 3.63) is 116 Å². The fourth-order valence-corrected chi connectivity index (χ4v) is 12.3. The van der Waals surface area contributed by atoms with Crippen molar-refractivity contribution in [2.75, 3.05) is 27.9 Å². The van der Waals surface area contributed by atoms with Crippen molar-refractivity contribution in [1.82, 2.24) is 4.90 Å². The molecule has 2 aromatic rings. The highest BCUT2D eigenvalue weighted by atomic mass is 16.7. The zero-order valence-electron chi connectivity index (χ0n) is 52.4. The van der Waals surface area contributed by atoms with Gasteiger partial charge in [-0.25, -0.2) is 14.4 Å². The van der Waals surface area contributed by atoms with Gasteiger partial charge in [-0.15, -0.1) is 0 Å². The second-order valence-corrected chi connectivity index (χ2v) is 24.2. The van der Waals surface area contributed by atoms with Gasteiger partial charge in [-0.3, -0.25) is 34.6 Å². The van der Waals surface area contributed by atoms with Crippen molar-refractivity contribution in [3.63, 3.8) is 0 Å². The first-order chi connectivity index (χ1) is 42.3. The van der Waals surface area contributed by atoms with Crippen LogP contribution < -0.4 is 9.47 Å². The number of fused-ring (bicyclic) bond motifs is 3. The average Bonchev–Trinajstić information content (AvgIpc) is 1.36. The largest absolute Gasteiger partial charge is 0.514 e. The number of hydrogen-bond acceptors (Lipinski definition) is 21. The summed E-state index contributed by atoms with van der Waals surface area (Å²) < 4.78 is 52.8. The molecule has 24 heteroatoms. The van der Waals surface area contributed by atoms with Crippen LogP contribution in [0.2, 0.25) is 0 Å². The number of nitro groups is 2. The van der Waals surface area contributed by atoms with Crippen LogP contribution in [0.15, 0.2) is 96.1 Å². The Labute approximate surface area is 519 Å². The molecule has 3 aliphatic heterocycles. The smallest absolute Gasteiger partial charge is 0.460 e. The fourth-order valence-electron chi connectivity index (χ4n) is 12.3. The van der Waals surface area contributed by atoms with Crippen molar-refractivity contribution >= 4 is 47.1 Å². The lowest BCUT2D eigenvalue weighted by Crippen LogP contribution is -2.61. The number of methoxy groups -OCH3 is 3. The lowest BCUT2D eigenvalue weighted by atomic mass is 9.78. The number of amides is 1. The quantitative estimate of drug-likeness (QED) is 0.0379. The molecular weight excluding hydrogens is 1160 g/mol. The zero-order chi connectivity index (χ0) is 65.3.